The third kappa shape index (κ3) is 2.76. The van der Waals surface area contributed by atoms with E-state index in [1.807, 2.05) is 0 Å². The highest BCUT2D eigenvalue weighted by Gasteiger charge is 2.46. The van der Waals surface area contributed by atoms with Gasteiger partial charge in [-0.05, 0) is 18.6 Å². The van der Waals surface area contributed by atoms with Gasteiger partial charge in [0.05, 0.1) is 21.2 Å². The average Bonchev–Trinajstić information content (AvgIpc) is 2.34. The van der Waals surface area contributed by atoms with Crippen molar-refractivity contribution in [1.82, 2.24) is 4.31 Å². The van der Waals surface area contributed by atoms with Crippen molar-refractivity contribution in [2.24, 2.45) is 0 Å². The Morgan fingerprint density at radius 2 is 1.95 bits per heavy atom. The lowest BCUT2D eigenvalue weighted by molar-refractivity contribution is -0.0613. The van der Waals surface area contributed by atoms with Crippen molar-refractivity contribution >= 4 is 39.2 Å². The van der Waals surface area contributed by atoms with Gasteiger partial charge in [-0.1, -0.05) is 30.1 Å². The van der Waals surface area contributed by atoms with Crippen LogP contribution >= 0.6 is 23.2 Å². The van der Waals surface area contributed by atoms with Gasteiger partial charge in [0.2, 0.25) is 10.0 Å². The van der Waals surface area contributed by atoms with E-state index < -0.39 is 32.2 Å². The highest BCUT2D eigenvalue weighted by atomic mass is 35.5. The van der Waals surface area contributed by atoms with E-state index in [2.05, 4.69) is 0 Å². The minimum absolute atomic E-state index is 0.0484. The molecule has 1 fully saturated rings. The fraction of sp³-hybridized carbons (Fsp3) is 0.417. The standard InChI is InChI=1S/C12H13Cl2NO5S/c1-2-12(18)5-15(6-12)21(19,20)8-4-3-7(13)9(10(8)14)11(16)17/h3-4,18H,2,5-6H2,1H3,(H,16,17). The fourth-order valence-corrected chi connectivity index (χ4v) is 4.56. The first-order valence-corrected chi connectivity index (χ1v) is 8.26. The molecule has 1 aromatic carbocycles. The second-order valence-corrected chi connectivity index (χ2v) is 7.58. The third-order valence-corrected chi connectivity index (χ3v) is 6.14. The van der Waals surface area contributed by atoms with Crippen LogP contribution in [-0.4, -0.2) is 47.6 Å². The molecule has 0 aromatic heterocycles. The highest BCUT2D eigenvalue weighted by Crippen LogP contribution is 2.36. The number of nitrogens with zero attached hydrogens (tertiary/aromatic N) is 1. The van der Waals surface area contributed by atoms with Crippen LogP contribution in [0.25, 0.3) is 0 Å². The molecule has 0 saturated carbocycles. The van der Waals surface area contributed by atoms with E-state index in [4.69, 9.17) is 28.3 Å². The maximum Gasteiger partial charge on any atom is 0.338 e. The van der Waals surface area contributed by atoms with E-state index in [1.54, 1.807) is 6.92 Å². The van der Waals surface area contributed by atoms with E-state index in [1.165, 1.54) is 6.07 Å². The van der Waals surface area contributed by atoms with Crippen LogP contribution in [0.5, 0.6) is 0 Å². The maximum atomic E-state index is 12.4. The lowest BCUT2D eigenvalue weighted by atomic mass is 9.94. The molecule has 0 unspecified atom stereocenters. The Bertz CT molecular complexity index is 698. The van der Waals surface area contributed by atoms with Gasteiger partial charge in [0.15, 0.2) is 0 Å². The van der Waals surface area contributed by atoms with Crippen LogP contribution < -0.4 is 0 Å². The SMILES string of the molecule is CCC1(O)CN(S(=O)(=O)c2ccc(Cl)c(C(=O)O)c2Cl)C1. The molecule has 0 bridgehead atoms. The topological polar surface area (TPSA) is 94.9 Å². The van der Waals surface area contributed by atoms with E-state index in [-0.39, 0.29) is 23.0 Å². The monoisotopic (exact) mass is 353 g/mol. The van der Waals surface area contributed by atoms with Crippen molar-refractivity contribution in [3.05, 3.63) is 27.7 Å². The summed E-state index contributed by atoms with van der Waals surface area (Å²) in [5.41, 5.74) is -1.49. The van der Waals surface area contributed by atoms with Crippen LogP contribution in [0.4, 0.5) is 0 Å². The second-order valence-electron chi connectivity index (χ2n) is 4.89. The number of carboxylic acid groups (broad SMARTS) is 1. The molecule has 1 aliphatic heterocycles. The smallest absolute Gasteiger partial charge is 0.338 e. The third-order valence-electron chi connectivity index (χ3n) is 3.49. The van der Waals surface area contributed by atoms with E-state index >= 15 is 0 Å². The van der Waals surface area contributed by atoms with Crippen LogP contribution in [0.3, 0.4) is 0 Å². The minimum atomic E-state index is -3.97. The number of benzene rings is 1. The van der Waals surface area contributed by atoms with Crippen molar-refractivity contribution < 1.29 is 23.4 Å². The summed E-state index contributed by atoms with van der Waals surface area (Å²) in [6.07, 6.45) is 0.424. The fourth-order valence-electron chi connectivity index (χ4n) is 2.07. The molecule has 0 radical (unpaired) electrons. The first-order valence-electron chi connectivity index (χ1n) is 6.06. The number of sulfonamides is 1. The molecule has 2 rings (SSSR count). The number of halogens is 2. The van der Waals surface area contributed by atoms with Crippen LogP contribution in [0.1, 0.15) is 23.7 Å². The maximum absolute atomic E-state index is 12.4. The Morgan fingerprint density at radius 3 is 2.43 bits per heavy atom. The van der Waals surface area contributed by atoms with Gasteiger partial charge in [0.25, 0.3) is 0 Å². The summed E-state index contributed by atoms with van der Waals surface area (Å²) in [7, 11) is -3.97. The van der Waals surface area contributed by atoms with Gasteiger partial charge in [0.1, 0.15) is 4.90 Å². The van der Waals surface area contributed by atoms with Gasteiger partial charge in [-0.2, -0.15) is 4.31 Å². The van der Waals surface area contributed by atoms with Crippen LogP contribution in [0.15, 0.2) is 17.0 Å². The van der Waals surface area contributed by atoms with Gasteiger partial charge < -0.3 is 10.2 Å². The summed E-state index contributed by atoms with van der Waals surface area (Å²) in [4.78, 5) is 10.8. The normalized spacial score (nSPS) is 18.3. The van der Waals surface area contributed by atoms with E-state index in [0.717, 1.165) is 10.4 Å². The lowest BCUT2D eigenvalue weighted by Crippen LogP contribution is -2.62. The molecule has 6 nitrogen and oxygen atoms in total. The Labute approximate surface area is 131 Å². The van der Waals surface area contributed by atoms with Gasteiger partial charge in [-0.15, -0.1) is 0 Å². The summed E-state index contributed by atoms with van der Waals surface area (Å²) >= 11 is 11.6. The van der Waals surface area contributed by atoms with Crippen molar-refractivity contribution in [3.8, 4) is 0 Å². The number of hydrogen-bond donors (Lipinski definition) is 2. The second kappa shape index (κ2) is 5.40. The zero-order valence-electron chi connectivity index (χ0n) is 11.0. The van der Waals surface area contributed by atoms with Gasteiger partial charge >= 0.3 is 5.97 Å². The molecule has 0 atom stereocenters. The Morgan fingerprint density at radius 1 is 1.38 bits per heavy atom. The van der Waals surface area contributed by atoms with Crippen molar-refractivity contribution in [2.75, 3.05) is 13.1 Å². The van der Waals surface area contributed by atoms with Crippen molar-refractivity contribution in [1.29, 1.82) is 0 Å². The largest absolute Gasteiger partial charge is 0.478 e. The summed E-state index contributed by atoms with van der Waals surface area (Å²) < 4.78 is 25.9. The Kier molecular flexibility index (Phi) is 4.25. The van der Waals surface area contributed by atoms with E-state index in [0.29, 0.717) is 6.42 Å². The summed E-state index contributed by atoms with van der Waals surface area (Å²) in [6.45, 7) is 1.65. The molecule has 0 amide bonds. The van der Waals surface area contributed by atoms with Crippen LogP contribution in [0.2, 0.25) is 10.0 Å². The summed E-state index contributed by atoms with van der Waals surface area (Å²) in [5, 5.41) is 18.4. The number of hydrogen-bond acceptors (Lipinski definition) is 4. The zero-order chi connectivity index (χ0) is 16.0. The number of carboxylic acids is 1. The van der Waals surface area contributed by atoms with Crippen LogP contribution in [0, 0.1) is 0 Å². The first kappa shape index (κ1) is 16.5. The number of aromatic carboxylic acids is 1. The molecule has 1 heterocycles. The molecule has 116 valence electrons. The number of β-amino-alcohol motifs (C(OH)–C–C–N with tert-alkyl or cyclic N) is 1. The van der Waals surface area contributed by atoms with Gasteiger partial charge in [-0.3, -0.25) is 0 Å². The minimum Gasteiger partial charge on any atom is -0.478 e. The van der Waals surface area contributed by atoms with Gasteiger partial charge in [-0.25, -0.2) is 13.2 Å². The molecular weight excluding hydrogens is 341 g/mol. The molecule has 1 aliphatic rings. The molecule has 21 heavy (non-hydrogen) atoms. The van der Waals surface area contributed by atoms with E-state index in [9.17, 15) is 18.3 Å². The Balaban J connectivity index is 2.44. The average molecular weight is 354 g/mol. The molecule has 1 aromatic rings. The molecule has 9 heteroatoms. The molecular formula is C12H13Cl2NO5S. The zero-order valence-corrected chi connectivity index (χ0v) is 13.3. The highest BCUT2D eigenvalue weighted by molar-refractivity contribution is 7.89. The lowest BCUT2D eigenvalue weighted by Gasteiger charge is -2.44. The predicted octanol–water partition coefficient (Wildman–Crippen LogP) is 1.84. The summed E-state index contributed by atoms with van der Waals surface area (Å²) in [6, 6.07) is 2.34. The van der Waals surface area contributed by atoms with Gasteiger partial charge in [0, 0.05) is 13.1 Å². The molecule has 1 saturated heterocycles. The molecule has 2 N–H and O–H groups in total. The first-order chi connectivity index (χ1) is 9.62. The van der Waals surface area contributed by atoms with Crippen LogP contribution in [-0.2, 0) is 10.0 Å². The summed E-state index contributed by atoms with van der Waals surface area (Å²) in [5.74, 6) is -1.41. The van der Waals surface area contributed by atoms with Crippen molar-refractivity contribution in [3.63, 3.8) is 0 Å². The number of rotatable bonds is 4. The van der Waals surface area contributed by atoms with Crippen molar-refractivity contribution in [2.45, 2.75) is 23.8 Å². The quantitative estimate of drug-likeness (QED) is 0.860. The number of carbonyl (C=O) groups is 1. The molecule has 0 spiro atoms. The Hall–Kier alpha value is -0.860. The predicted molar refractivity (Wildman–Crippen MR) is 77.4 cm³/mol. The number of aliphatic hydroxyl groups is 1. The molecule has 0 aliphatic carbocycles.